The van der Waals surface area contributed by atoms with Crippen molar-refractivity contribution >= 4 is 22.7 Å². The van der Waals surface area contributed by atoms with Crippen LogP contribution in [0.15, 0.2) is 48.9 Å². The number of rotatable bonds is 7. The summed E-state index contributed by atoms with van der Waals surface area (Å²) in [5, 5.41) is 17.5. The molecule has 7 rings (SSSR count). The van der Waals surface area contributed by atoms with E-state index in [0.29, 0.717) is 41.3 Å². The molecule has 2 bridgehead atoms. The van der Waals surface area contributed by atoms with Crippen LogP contribution in [0.5, 0.6) is 5.75 Å². The monoisotopic (exact) mass is 628 g/mol. The fraction of sp³-hybridized carbons (Fsp3) is 0.471. The lowest BCUT2D eigenvalue weighted by Gasteiger charge is -2.34. The number of methoxy groups -OCH3 is 1. The van der Waals surface area contributed by atoms with Crippen molar-refractivity contribution in [1.82, 2.24) is 29.9 Å². The lowest BCUT2D eigenvalue weighted by molar-refractivity contribution is -0.0394. The minimum absolute atomic E-state index is 0.0485. The molecule has 3 atom stereocenters. The molecule has 12 heteroatoms. The molecule has 0 amide bonds. The van der Waals surface area contributed by atoms with Crippen LogP contribution in [0.1, 0.15) is 58.2 Å². The fourth-order valence-corrected chi connectivity index (χ4v) is 6.30. The lowest BCUT2D eigenvalue weighted by Crippen LogP contribution is -2.50. The molecule has 0 spiro atoms. The molecule has 1 N–H and O–H groups in total. The number of nitrogens with zero attached hydrogens (tertiary/aromatic N) is 5. The van der Waals surface area contributed by atoms with Gasteiger partial charge < -0.3 is 29.0 Å². The van der Waals surface area contributed by atoms with Gasteiger partial charge in [-0.3, -0.25) is 4.57 Å². The number of morpholine rings is 1. The Kier molecular flexibility index (Phi) is 8.36. The van der Waals surface area contributed by atoms with E-state index >= 15 is 0 Å². The summed E-state index contributed by atoms with van der Waals surface area (Å²) in [5.74, 6) is 0.569. The highest BCUT2D eigenvalue weighted by molar-refractivity contribution is 5.97. The van der Waals surface area contributed by atoms with Crippen LogP contribution in [0.4, 0.5) is 4.79 Å². The van der Waals surface area contributed by atoms with Crippen molar-refractivity contribution in [3.05, 3.63) is 54.5 Å². The molecule has 2 fully saturated rings. The molecule has 12 nitrogen and oxygen atoms in total. The van der Waals surface area contributed by atoms with Crippen LogP contribution in [0, 0.1) is 0 Å². The second-order valence-corrected chi connectivity index (χ2v) is 13.1. The Morgan fingerprint density at radius 3 is 2.76 bits per heavy atom. The van der Waals surface area contributed by atoms with Crippen LogP contribution in [0.25, 0.3) is 39.0 Å². The molecule has 0 radical (unpaired) electrons. The topological polar surface area (TPSA) is 124 Å². The largest absolute Gasteiger partial charge is 0.467 e. The zero-order chi connectivity index (χ0) is 31.8. The molecule has 46 heavy (non-hydrogen) atoms. The molecule has 3 aliphatic heterocycles. The van der Waals surface area contributed by atoms with Crippen molar-refractivity contribution in [2.75, 3.05) is 33.7 Å². The Balaban J connectivity index is 1.28. The van der Waals surface area contributed by atoms with Crippen LogP contribution in [0.2, 0.25) is 0 Å². The Bertz CT molecular complexity index is 1770. The van der Waals surface area contributed by atoms with E-state index in [4.69, 9.17) is 28.8 Å². The van der Waals surface area contributed by atoms with E-state index in [1.54, 1.807) is 7.11 Å². The first-order chi connectivity index (χ1) is 22.3. The van der Waals surface area contributed by atoms with Gasteiger partial charge in [0.25, 0.3) is 0 Å². The van der Waals surface area contributed by atoms with E-state index in [-0.39, 0.29) is 25.1 Å². The summed E-state index contributed by atoms with van der Waals surface area (Å²) in [6, 6.07) is 8.07. The Morgan fingerprint density at radius 2 is 1.98 bits per heavy atom. The molecule has 3 aliphatic rings. The van der Waals surface area contributed by atoms with Crippen LogP contribution in [-0.2, 0) is 18.9 Å². The van der Waals surface area contributed by atoms with Crippen molar-refractivity contribution in [1.29, 1.82) is 0 Å². The smallest absolute Gasteiger partial charge is 0.419 e. The van der Waals surface area contributed by atoms with Gasteiger partial charge >= 0.3 is 6.09 Å². The Morgan fingerprint density at radius 1 is 1.09 bits per heavy atom. The number of hydrogen-bond acceptors (Lipinski definition) is 10. The van der Waals surface area contributed by atoms with Gasteiger partial charge in [0, 0.05) is 54.9 Å². The first kappa shape index (κ1) is 30.5. The highest BCUT2D eigenvalue weighted by Gasteiger charge is 2.30. The predicted molar refractivity (Wildman–Crippen MR) is 171 cm³/mol. The van der Waals surface area contributed by atoms with E-state index in [0.717, 1.165) is 54.6 Å². The summed E-state index contributed by atoms with van der Waals surface area (Å²) in [6.07, 6.45) is 11.2. The predicted octanol–water partition coefficient (Wildman–Crippen LogP) is 5.57. The van der Waals surface area contributed by atoms with Crippen LogP contribution in [0.3, 0.4) is 0 Å². The molecule has 0 saturated carbocycles. The summed E-state index contributed by atoms with van der Waals surface area (Å²) < 4.78 is 32.2. The van der Waals surface area contributed by atoms with Crippen molar-refractivity contribution in [2.45, 2.75) is 70.4 Å². The summed E-state index contributed by atoms with van der Waals surface area (Å²) in [6.45, 7) is 7.61. The number of benzene rings is 1. The number of ether oxygens (including phenoxy) is 5. The average Bonchev–Trinajstić information content (AvgIpc) is 3.69. The van der Waals surface area contributed by atoms with Gasteiger partial charge in [-0.15, -0.1) is 10.2 Å². The van der Waals surface area contributed by atoms with Gasteiger partial charge in [0.05, 0.1) is 30.6 Å². The Hall–Kier alpha value is -4.10. The number of carbonyl (C=O) groups excluding carboxylic acids is 1. The van der Waals surface area contributed by atoms with Gasteiger partial charge in [-0.1, -0.05) is 12.1 Å². The third kappa shape index (κ3) is 6.30. The first-order valence-corrected chi connectivity index (χ1v) is 15.8. The van der Waals surface area contributed by atoms with Gasteiger partial charge in [-0.2, -0.15) is 5.10 Å². The fourth-order valence-electron chi connectivity index (χ4n) is 6.30. The molecule has 3 aromatic heterocycles. The number of carbonyl (C=O) groups is 1. The number of aromatic nitrogens is 5. The number of fused-ring (bicyclic) bond motifs is 3. The third-order valence-corrected chi connectivity index (χ3v) is 8.39. The van der Waals surface area contributed by atoms with E-state index in [1.165, 1.54) is 4.57 Å². The summed E-state index contributed by atoms with van der Waals surface area (Å²) in [7, 11) is 1.58. The third-order valence-electron chi connectivity index (χ3n) is 8.39. The zero-order valence-electron chi connectivity index (χ0n) is 26.7. The normalized spacial score (nSPS) is 21.7. The van der Waals surface area contributed by atoms with Crippen molar-refractivity contribution in [2.24, 2.45) is 0 Å². The lowest BCUT2D eigenvalue weighted by atomic mass is 9.92. The second kappa shape index (κ2) is 12.6. The molecule has 242 valence electrons. The van der Waals surface area contributed by atoms with Gasteiger partial charge in [0.1, 0.15) is 23.1 Å². The quantitative estimate of drug-likeness (QED) is 0.260. The summed E-state index contributed by atoms with van der Waals surface area (Å²) >= 11 is 0. The van der Waals surface area contributed by atoms with Crippen LogP contribution >= 0.6 is 0 Å². The van der Waals surface area contributed by atoms with E-state index in [9.17, 15) is 4.79 Å². The average molecular weight is 629 g/mol. The molecule has 4 aromatic rings. The maximum atomic E-state index is 13.5. The van der Waals surface area contributed by atoms with Crippen molar-refractivity contribution in [3.8, 4) is 28.1 Å². The minimum Gasteiger partial charge on any atom is -0.467 e. The van der Waals surface area contributed by atoms with Crippen LogP contribution in [-0.4, -0.2) is 82.0 Å². The molecule has 1 aromatic carbocycles. The zero-order valence-corrected chi connectivity index (χ0v) is 26.7. The molecule has 0 aliphatic carbocycles. The molecular formula is C34H40N6O6. The molecule has 2 saturated heterocycles. The number of hydrogen-bond donors (Lipinski definition) is 1. The number of nitrogens with one attached hydrogen (secondary N) is 1. The molecular weight excluding hydrogens is 588 g/mol. The summed E-state index contributed by atoms with van der Waals surface area (Å²) in [4.78, 5) is 13.5. The van der Waals surface area contributed by atoms with Crippen molar-refractivity contribution in [3.63, 3.8) is 0 Å². The molecule has 6 heterocycles. The van der Waals surface area contributed by atoms with Gasteiger partial charge in [0.15, 0.2) is 6.79 Å². The second-order valence-electron chi connectivity index (χ2n) is 13.1. The Labute approximate surface area is 267 Å². The van der Waals surface area contributed by atoms with Gasteiger partial charge in [-0.05, 0) is 75.8 Å². The van der Waals surface area contributed by atoms with Crippen molar-refractivity contribution < 1.29 is 28.5 Å². The van der Waals surface area contributed by atoms with Gasteiger partial charge in [0.2, 0.25) is 0 Å². The van der Waals surface area contributed by atoms with Gasteiger partial charge in [-0.25, -0.2) is 9.48 Å². The van der Waals surface area contributed by atoms with E-state index < -0.39 is 11.7 Å². The van der Waals surface area contributed by atoms with E-state index in [1.807, 2.05) is 68.3 Å². The standard InChI is InChI=1S/C34H40N6O6/c1-34(2,3)46-33(41)39-17-27(22-11-24-18-43-19-25(12-22)36-24)32-29(39)14-28(37-38-32)26-9-8-21(13-30(26)45-20-42-4)23-15-35-40(16-23)31-7-5-6-10-44-31/h8-9,11,13-17,24-25,31,36H,5-7,10,12,18-20H2,1-4H3. The van der Waals surface area contributed by atoms with E-state index in [2.05, 4.69) is 21.6 Å². The SMILES string of the molecule is COCOc1cc(-c2cnn(C3CCCCO3)c2)ccc1-c1cc2c(nn1)c(C1=CC3COCC(C1)N3)cn2C(=O)OC(C)(C)C. The highest BCUT2D eigenvalue weighted by Crippen LogP contribution is 2.37. The van der Waals surface area contributed by atoms with Crippen LogP contribution < -0.4 is 10.1 Å². The maximum Gasteiger partial charge on any atom is 0.419 e. The minimum atomic E-state index is -0.673. The maximum absolute atomic E-state index is 13.5. The summed E-state index contributed by atoms with van der Waals surface area (Å²) in [5.41, 5.74) is 5.67. The highest BCUT2D eigenvalue weighted by atomic mass is 16.7. The molecule has 3 unspecified atom stereocenters. The first-order valence-electron chi connectivity index (χ1n) is 15.8.